The molecule has 3 nitrogen and oxygen atoms in total. The summed E-state index contributed by atoms with van der Waals surface area (Å²) < 4.78 is 4.88. The lowest BCUT2D eigenvalue weighted by Gasteiger charge is -2.32. The van der Waals surface area contributed by atoms with Crippen molar-refractivity contribution in [2.45, 2.75) is 33.2 Å². The molecule has 0 saturated carbocycles. The predicted octanol–water partition coefficient (Wildman–Crippen LogP) is 2.64. The SMILES string of the molecule is COC(=O)C(C)(C)CN1c2ccccc2CC1C. The first-order valence-corrected chi connectivity index (χ1v) is 6.38. The highest BCUT2D eigenvalue weighted by Gasteiger charge is 2.35. The van der Waals surface area contributed by atoms with Gasteiger partial charge in [-0.25, -0.2) is 0 Å². The van der Waals surface area contributed by atoms with Crippen LogP contribution < -0.4 is 4.90 Å². The number of ether oxygens (including phenoxy) is 1. The van der Waals surface area contributed by atoms with E-state index in [0.29, 0.717) is 12.6 Å². The highest BCUT2D eigenvalue weighted by Crippen LogP contribution is 2.34. The molecule has 1 heterocycles. The molecule has 0 amide bonds. The number of esters is 1. The van der Waals surface area contributed by atoms with Gasteiger partial charge in [-0.1, -0.05) is 18.2 Å². The summed E-state index contributed by atoms with van der Waals surface area (Å²) in [6.45, 7) is 6.77. The van der Waals surface area contributed by atoms with Crippen molar-refractivity contribution in [3.63, 3.8) is 0 Å². The Morgan fingerprint density at radius 3 is 2.78 bits per heavy atom. The van der Waals surface area contributed by atoms with E-state index in [4.69, 9.17) is 4.74 Å². The van der Waals surface area contributed by atoms with Crippen molar-refractivity contribution in [2.75, 3.05) is 18.6 Å². The minimum Gasteiger partial charge on any atom is -0.469 e. The van der Waals surface area contributed by atoms with Gasteiger partial charge in [0.25, 0.3) is 0 Å². The first-order chi connectivity index (χ1) is 8.45. The van der Waals surface area contributed by atoms with Crippen LogP contribution in [0.25, 0.3) is 0 Å². The van der Waals surface area contributed by atoms with Gasteiger partial charge in [0.15, 0.2) is 0 Å². The van der Waals surface area contributed by atoms with Crippen molar-refractivity contribution in [3.05, 3.63) is 29.8 Å². The van der Waals surface area contributed by atoms with Crippen LogP contribution in [0, 0.1) is 5.41 Å². The Morgan fingerprint density at radius 2 is 2.11 bits per heavy atom. The smallest absolute Gasteiger partial charge is 0.313 e. The lowest BCUT2D eigenvalue weighted by atomic mass is 9.92. The maximum atomic E-state index is 11.8. The van der Waals surface area contributed by atoms with Crippen molar-refractivity contribution in [1.82, 2.24) is 0 Å². The molecule has 3 heteroatoms. The number of hydrogen-bond acceptors (Lipinski definition) is 3. The summed E-state index contributed by atoms with van der Waals surface area (Å²) in [4.78, 5) is 14.1. The normalized spacial score (nSPS) is 18.7. The van der Waals surface area contributed by atoms with E-state index in [0.717, 1.165) is 6.42 Å². The van der Waals surface area contributed by atoms with E-state index in [1.807, 2.05) is 13.8 Å². The zero-order valence-electron chi connectivity index (χ0n) is 11.6. The molecule has 1 aromatic rings. The van der Waals surface area contributed by atoms with Crippen LogP contribution in [0.5, 0.6) is 0 Å². The van der Waals surface area contributed by atoms with E-state index < -0.39 is 5.41 Å². The van der Waals surface area contributed by atoms with Crippen LogP contribution in [0.1, 0.15) is 26.3 Å². The average molecular weight is 247 g/mol. The topological polar surface area (TPSA) is 29.5 Å². The van der Waals surface area contributed by atoms with E-state index in [2.05, 4.69) is 36.1 Å². The van der Waals surface area contributed by atoms with Crippen LogP contribution >= 0.6 is 0 Å². The Balaban J connectivity index is 2.22. The maximum absolute atomic E-state index is 11.8. The van der Waals surface area contributed by atoms with E-state index >= 15 is 0 Å². The van der Waals surface area contributed by atoms with Crippen LogP contribution in [0.2, 0.25) is 0 Å². The van der Waals surface area contributed by atoms with Crippen molar-refractivity contribution in [1.29, 1.82) is 0 Å². The Labute approximate surface area is 109 Å². The van der Waals surface area contributed by atoms with Gasteiger partial charge in [0.1, 0.15) is 0 Å². The molecule has 0 spiro atoms. The quantitative estimate of drug-likeness (QED) is 0.769. The standard InChI is InChI=1S/C15H21NO2/c1-11-9-12-7-5-6-8-13(12)16(11)10-15(2,3)14(17)18-4/h5-8,11H,9-10H2,1-4H3. The number of benzene rings is 1. The molecule has 0 saturated heterocycles. The number of methoxy groups -OCH3 is 1. The minimum absolute atomic E-state index is 0.154. The summed E-state index contributed by atoms with van der Waals surface area (Å²) in [5.41, 5.74) is 2.13. The van der Waals surface area contributed by atoms with Crippen LogP contribution in [0.3, 0.4) is 0 Å². The highest BCUT2D eigenvalue weighted by atomic mass is 16.5. The zero-order chi connectivity index (χ0) is 13.3. The molecule has 1 atom stereocenters. The third-order valence-electron chi connectivity index (χ3n) is 3.65. The Morgan fingerprint density at radius 1 is 1.44 bits per heavy atom. The van der Waals surface area contributed by atoms with E-state index in [1.54, 1.807) is 0 Å². The monoisotopic (exact) mass is 247 g/mol. The first-order valence-electron chi connectivity index (χ1n) is 6.38. The van der Waals surface area contributed by atoms with Crippen LogP contribution in [-0.4, -0.2) is 25.7 Å². The fourth-order valence-corrected chi connectivity index (χ4v) is 2.64. The molecule has 0 aromatic heterocycles. The van der Waals surface area contributed by atoms with Crippen LogP contribution in [-0.2, 0) is 16.0 Å². The van der Waals surface area contributed by atoms with E-state index in [-0.39, 0.29) is 5.97 Å². The number of para-hydroxylation sites is 1. The second kappa shape index (κ2) is 4.63. The Hall–Kier alpha value is -1.51. The average Bonchev–Trinajstić information content (AvgIpc) is 2.65. The van der Waals surface area contributed by atoms with E-state index in [1.165, 1.54) is 18.4 Å². The lowest BCUT2D eigenvalue weighted by molar-refractivity contribution is -0.150. The third-order valence-corrected chi connectivity index (χ3v) is 3.65. The predicted molar refractivity (Wildman–Crippen MR) is 72.8 cm³/mol. The van der Waals surface area contributed by atoms with Crippen molar-refractivity contribution >= 4 is 11.7 Å². The Kier molecular flexibility index (Phi) is 3.33. The fraction of sp³-hybridized carbons (Fsp3) is 0.533. The molecule has 0 bridgehead atoms. The van der Waals surface area contributed by atoms with Gasteiger partial charge < -0.3 is 9.64 Å². The summed E-state index contributed by atoms with van der Waals surface area (Å²) in [5, 5.41) is 0. The van der Waals surface area contributed by atoms with Gasteiger partial charge >= 0.3 is 5.97 Å². The number of carbonyl (C=O) groups excluding carboxylic acids is 1. The second-order valence-corrected chi connectivity index (χ2v) is 5.69. The van der Waals surface area contributed by atoms with Crippen molar-refractivity contribution in [3.8, 4) is 0 Å². The molecule has 1 aliphatic heterocycles. The molecule has 0 radical (unpaired) electrons. The lowest BCUT2D eigenvalue weighted by Crippen LogP contribution is -2.42. The number of rotatable bonds is 3. The van der Waals surface area contributed by atoms with E-state index in [9.17, 15) is 4.79 Å². The second-order valence-electron chi connectivity index (χ2n) is 5.69. The number of fused-ring (bicyclic) bond motifs is 1. The minimum atomic E-state index is -0.486. The summed E-state index contributed by atoms with van der Waals surface area (Å²) in [7, 11) is 1.45. The highest BCUT2D eigenvalue weighted by molar-refractivity contribution is 5.77. The van der Waals surface area contributed by atoms with Gasteiger partial charge in [-0.3, -0.25) is 4.79 Å². The van der Waals surface area contributed by atoms with Crippen molar-refractivity contribution < 1.29 is 9.53 Å². The molecule has 98 valence electrons. The third kappa shape index (κ3) is 2.22. The zero-order valence-corrected chi connectivity index (χ0v) is 11.6. The molecule has 0 N–H and O–H groups in total. The molecule has 18 heavy (non-hydrogen) atoms. The van der Waals surface area contributed by atoms with Crippen LogP contribution in [0.4, 0.5) is 5.69 Å². The summed E-state index contributed by atoms with van der Waals surface area (Å²) in [6.07, 6.45) is 1.05. The summed E-state index contributed by atoms with van der Waals surface area (Å²) in [5.74, 6) is -0.154. The maximum Gasteiger partial charge on any atom is 0.313 e. The number of hydrogen-bond donors (Lipinski definition) is 0. The fourth-order valence-electron chi connectivity index (χ4n) is 2.64. The molecule has 0 fully saturated rings. The molecule has 0 aliphatic carbocycles. The van der Waals surface area contributed by atoms with Crippen LogP contribution in [0.15, 0.2) is 24.3 Å². The number of nitrogens with zero attached hydrogens (tertiary/aromatic N) is 1. The van der Waals surface area contributed by atoms with Crippen molar-refractivity contribution in [2.24, 2.45) is 5.41 Å². The molecular weight excluding hydrogens is 226 g/mol. The summed E-state index contributed by atoms with van der Waals surface area (Å²) in [6, 6.07) is 8.85. The Bertz CT molecular complexity index is 454. The largest absolute Gasteiger partial charge is 0.469 e. The summed E-state index contributed by atoms with van der Waals surface area (Å²) >= 11 is 0. The van der Waals surface area contributed by atoms with Gasteiger partial charge in [-0.05, 0) is 38.8 Å². The molecule has 2 rings (SSSR count). The molecule has 1 unspecified atom stereocenters. The van der Waals surface area contributed by atoms with Gasteiger partial charge in [-0.15, -0.1) is 0 Å². The molecule has 1 aliphatic rings. The number of anilines is 1. The number of carbonyl (C=O) groups is 1. The van der Waals surface area contributed by atoms with Gasteiger partial charge in [-0.2, -0.15) is 0 Å². The first kappa shape index (κ1) is 12.9. The van der Waals surface area contributed by atoms with Gasteiger partial charge in [0.05, 0.1) is 12.5 Å². The van der Waals surface area contributed by atoms with Gasteiger partial charge in [0, 0.05) is 18.3 Å². The molecular formula is C15H21NO2. The van der Waals surface area contributed by atoms with Gasteiger partial charge in [0.2, 0.25) is 0 Å². The molecule has 1 aromatic carbocycles.